The van der Waals surface area contributed by atoms with Gasteiger partial charge >= 0.3 is 0 Å². The van der Waals surface area contributed by atoms with Crippen molar-refractivity contribution in [3.63, 3.8) is 0 Å². The molecule has 0 saturated heterocycles. The number of para-hydroxylation sites is 2. The molecule has 31 heavy (non-hydrogen) atoms. The first-order valence-corrected chi connectivity index (χ1v) is 11.2. The SMILES string of the molecule is CC(NC(=O)c1ccccc1OCCOc1ccccc1)c1ccc(S(N)(=O)=O)cc1. The molecule has 3 rings (SSSR count). The zero-order valence-corrected chi connectivity index (χ0v) is 17.8. The maximum absolute atomic E-state index is 12.8. The normalized spacial score (nSPS) is 12.1. The fraction of sp³-hybridized carbons (Fsp3) is 0.174. The maximum Gasteiger partial charge on any atom is 0.255 e. The van der Waals surface area contributed by atoms with Gasteiger partial charge in [0.2, 0.25) is 10.0 Å². The molecule has 0 aliphatic rings. The number of benzene rings is 3. The van der Waals surface area contributed by atoms with Gasteiger partial charge in [-0.2, -0.15) is 0 Å². The molecule has 1 unspecified atom stereocenters. The summed E-state index contributed by atoms with van der Waals surface area (Å²) in [6.07, 6.45) is 0. The third-order valence-corrected chi connectivity index (χ3v) is 5.47. The number of amides is 1. The molecule has 0 spiro atoms. The first-order chi connectivity index (χ1) is 14.8. The molecule has 0 saturated carbocycles. The van der Waals surface area contributed by atoms with Gasteiger partial charge in [0.25, 0.3) is 5.91 Å². The Morgan fingerprint density at radius 1 is 0.903 bits per heavy atom. The van der Waals surface area contributed by atoms with Crippen LogP contribution in [-0.2, 0) is 10.0 Å². The lowest BCUT2D eigenvalue weighted by molar-refractivity contribution is 0.0934. The molecule has 0 bridgehead atoms. The lowest BCUT2D eigenvalue weighted by atomic mass is 10.1. The van der Waals surface area contributed by atoms with Gasteiger partial charge in [0, 0.05) is 0 Å². The minimum absolute atomic E-state index is 0.0197. The number of carbonyl (C=O) groups excluding carboxylic acids is 1. The van der Waals surface area contributed by atoms with Gasteiger partial charge in [-0.25, -0.2) is 13.6 Å². The molecule has 162 valence electrons. The molecule has 3 N–H and O–H groups in total. The van der Waals surface area contributed by atoms with Gasteiger partial charge in [-0.05, 0) is 48.9 Å². The van der Waals surface area contributed by atoms with E-state index >= 15 is 0 Å². The molecule has 7 nitrogen and oxygen atoms in total. The van der Waals surface area contributed by atoms with Gasteiger partial charge < -0.3 is 14.8 Å². The van der Waals surface area contributed by atoms with Crippen molar-refractivity contribution in [1.29, 1.82) is 0 Å². The zero-order valence-electron chi connectivity index (χ0n) is 17.0. The van der Waals surface area contributed by atoms with Crippen molar-refractivity contribution in [3.8, 4) is 11.5 Å². The highest BCUT2D eigenvalue weighted by atomic mass is 32.2. The van der Waals surface area contributed by atoms with E-state index in [1.807, 2.05) is 30.3 Å². The van der Waals surface area contributed by atoms with Gasteiger partial charge in [-0.3, -0.25) is 4.79 Å². The summed E-state index contributed by atoms with van der Waals surface area (Å²) in [6, 6.07) is 22.1. The molecule has 3 aromatic carbocycles. The number of rotatable bonds is 9. The fourth-order valence-electron chi connectivity index (χ4n) is 2.91. The Balaban J connectivity index is 1.60. The number of nitrogens with one attached hydrogen (secondary N) is 1. The largest absolute Gasteiger partial charge is 0.490 e. The van der Waals surface area contributed by atoms with E-state index in [2.05, 4.69) is 5.32 Å². The third-order valence-electron chi connectivity index (χ3n) is 4.54. The van der Waals surface area contributed by atoms with Gasteiger partial charge in [0.05, 0.1) is 16.5 Å². The van der Waals surface area contributed by atoms with Crippen LogP contribution in [0.15, 0.2) is 83.8 Å². The van der Waals surface area contributed by atoms with Crippen LogP contribution in [0, 0.1) is 0 Å². The van der Waals surface area contributed by atoms with E-state index in [9.17, 15) is 13.2 Å². The molecule has 1 amide bonds. The summed E-state index contributed by atoms with van der Waals surface area (Å²) in [5.41, 5.74) is 1.14. The number of hydrogen-bond donors (Lipinski definition) is 2. The van der Waals surface area contributed by atoms with Crippen LogP contribution < -0.4 is 19.9 Å². The molecule has 1 atom stereocenters. The van der Waals surface area contributed by atoms with Crippen molar-refractivity contribution in [2.75, 3.05) is 13.2 Å². The highest BCUT2D eigenvalue weighted by Crippen LogP contribution is 2.21. The van der Waals surface area contributed by atoms with E-state index in [-0.39, 0.29) is 23.5 Å². The van der Waals surface area contributed by atoms with Crippen LogP contribution in [0.4, 0.5) is 0 Å². The summed E-state index contributed by atoms with van der Waals surface area (Å²) >= 11 is 0. The van der Waals surface area contributed by atoms with E-state index in [4.69, 9.17) is 14.6 Å². The Labute approximate surface area is 181 Å². The minimum Gasteiger partial charge on any atom is -0.490 e. The van der Waals surface area contributed by atoms with Gasteiger partial charge in [-0.1, -0.05) is 42.5 Å². The van der Waals surface area contributed by atoms with Crippen molar-refractivity contribution < 1.29 is 22.7 Å². The van der Waals surface area contributed by atoms with E-state index in [1.54, 1.807) is 43.3 Å². The van der Waals surface area contributed by atoms with Crippen molar-refractivity contribution in [2.24, 2.45) is 5.14 Å². The maximum atomic E-state index is 12.8. The Kier molecular flexibility index (Phi) is 7.28. The Morgan fingerprint density at radius 3 is 2.19 bits per heavy atom. The predicted octanol–water partition coefficient (Wildman–Crippen LogP) is 3.28. The second kappa shape index (κ2) is 10.1. The number of sulfonamides is 1. The molecule has 0 fully saturated rings. The average molecular weight is 441 g/mol. The summed E-state index contributed by atoms with van der Waals surface area (Å²) in [6.45, 7) is 2.43. The number of carbonyl (C=O) groups is 1. The van der Waals surface area contributed by atoms with Crippen LogP contribution in [0.3, 0.4) is 0 Å². The van der Waals surface area contributed by atoms with Crippen LogP contribution in [0.5, 0.6) is 11.5 Å². The molecule has 0 radical (unpaired) electrons. The average Bonchev–Trinajstić information content (AvgIpc) is 2.77. The van der Waals surface area contributed by atoms with Crippen LogP contribution in [0.1, 0.15) is 28.9 Å². The molecule has 0 heterocycles. The number of ether oxygens (including phenoxy) is 2. The standard InChI is InChI=1S/C23H24N2O5S/c1-17(18-11-13-20(14-12-18)31(24,27)28)25-23(26)21-9-5-6-10-22(21)30-16-15-29-19-7-3-2-4-8-19/h2-14,17H,15-16H2,1H3,(H,25,26)(H2,24,27,28). The molecule has 0 aliphatic heterocycles. The number of primary sulfonamides is 1. The summed E-state index contributed by atoms with van der Waals surface area (Å²) in [7, 11) is -3.76. The first kappa shape index (κ1) is 22.3. The molecular weight excluding hydrogens is 416 g/mol. The van der Waals surface area contributed by atoms with Gasteiger partial charge in [0.15, 0.2) is 0 Å². The quantitative estimate of drug-likeness (QED) is 0.497. The van der Waals surface area contributed by atoms with Crippen molar-refractivity contribution in [2.45, 2.75) is 17.9 Å². The van der Waals surface area contributed by atoms with Crippen LogP contribution in [0.2, 0.25) is 0 Å². The Morgan fingerprint density at radius 2 is 1.52 bits per heavy atom. The number of hydrogen-bond acceptors (Lipinski definition) is 5. The summed E-state index contributed by atoms with van der Waals surface area (Å²) in [4.78, 5) is 12.8. The van der Waals surface area contributed by atoms with E-state index in [0.717, 1.165) is 11.3 Å². The lowest BCUT2D eigenvalue weighted by Crippen LogP contribution is -2.27. The molecule has 8 heteroatoms. The second-order valence-corrected chi connectivity index (χ2v) is 8.38. The predicted molar refractivity (Wildman–Crippen MR) is 118 cm³/mol. The molecular formula is C23H24N2O5S. The molecule has 3 aromatic rings. The topological polar surface area (TPSA) is 108 Å². The van der Waals surface area contributed by atoms with E-state index in [0.29, 0.717) is 17.9 Å². The minimum atomic E-state index is -3.76. The fourth-order valence-corrected chi connectivity index (χ4v) is 3.43. The van der Waals surface area contributed by atoms with Crippen molar-refractivity contribution in [3.05, 3.63) is 90.0 Å². The second-order valence-electron chi connectivity index (χ2n) is 6.82. The number of nitrogens with two attached hydrogens (primary N) is 1. The van der Waals surface area contributed by atoms with E-state index in [1.165, 1.54) is 12.1 Å². The van der Waals surface area contributed by atoms with Crippen molar-refractivity contribution in [1.82, 2.24) is 5.32 Å². The van der Waals surface area contributed by atoms with Crippen LogP contribution in [-0.4, -0.2) is 27.5 Å². The highest BCUT2D eigenvalue weighted by Gasteiger charge is 2.16. The smallest absolute Gasteiger partial charge is 0.255 e. The summed E-state index contributed by atoms with van der Waals surface area (Å²) in [5, 5.41) is 8.02. The Bertz CT molecular complexity index is 1120. The lowest BCUT2D eigenvalue weighted by Gasteiger charge is -2.17. The zero-order chi connectivity index (χ0) is 22.3. The van der Waals surface area contributed by atoms with Gasteiger partial charge in [-0.15, -0.1) is 0 Å². The molecule has 0 aromatic heterocycles. The monoisotopic (exact) mass is 440 g/mol. The van der Waals surface area contributed by atoms with E-state index < -0.39 is 10.0 Å². The van der Waals surface area contributed by atoms with Crippen LogP contribution in [0.25, 0.3) is 0 Å². The summed E-state index contributed by atoms with van der Waals surface area (Å²) in [5.74, 6) is 0.899. The van der Waals surface area contributed by atoms with Crippen molar-refractivity contribution >= 4 is 15.9 Å². The van der Waals surface area contributed by atoms with Crippen LogP contribution >= 0.6 is 0 Å². The Hall–Kier alpha value is -3.36. The third kappa shape index (κ3) is 6.31. The highest BCUT2D eigenvalue weighted by molar-refractivity contribution is 7.89. The first-order valence-electron chi connectivity index (χ1n) is 9.68. The summed E-state index contributed by atoms with van der Waals surface area (Å²) < 4.78 is 34.1. The molecule has 0 aliphatic carbocycles. The van der Waals surface area contributed by atoms with Gasteiger partial charge in [0.1, 0.15) is 24.7 Å².